The second-order valence-corrected chi connectivity index (χ2v) is 5.58. The zero-order chi connectivity index (χ0) is 13.3. The molecule has 18 heavy (non-hydrogen) atoms. The number of halogens is 1. The van der Waals surface area contributed by atoms with E-state index in [9.17, 15) is 4.79 Å². The van der Waals surface area contributed by atoms with Crippen molar-refractivity contribution in [2.75, 3.05) is 13.1 Å². The molecule has 2 atom stereocenters. The minimum atomic E-state index is 0.0860. The number of likely N-dealkylation sites (tertiary alicyclic amines) is 1. The molecular formula is C14H19ClN2O. The molecule has 1 fully saturated rings. The molecule has 1 aliphatic heterocycles. The van der Waals surface area contributed by atoms with E-state index < -0.39 is 0 Å². The highest BCUT2D eigenvalue weighted by atomic mass is 35.5. The minimum Gasteiger partial charge on any atom is -0.338 e. The largest absolute Gasteiger partial charge is 0.338 e. The number of carbonyl (C=O) groups excluding carboxylic acids is 1. The highest BCUT2D eigenvalue weighted by Crippen LogP contribution is 2.21. The third kappa shape index (κ3) is 2.68. The predicted octanol–water partition coefficient (Wildman–Crippen LogP) is 2.46. The molecular weight excluding hydrogens is 248 g/mol. The number of carbonyl (C=O) groups is 1. The molecule has 0 radical (unpaired) electrons. The van der Waals surface area contributed by atoms with Gasteiger partial charge in [0.05, 0.1) is 0 Å². The Labute approximate surface area is 113 Å². The molecule has 0 aromatic heterocycles. The summed E-state index contributed by atoms with van der Waals surface area (Å²) in [7, 11) is 0. The number of nitrogens with two attached hydrogens (primary N) is 1. The van der Waals surface area contributed by atoms with E-state index in [0.717, 1.165) is 30.6 Å². The number of piperidine rings is 1. The van der Waals surface area contributed by atoms with Gasteiger partial charge in [-0.1, -0.05) is 18.5 Å². The molecule has 2 rings (SSSR count). The zero-order valence-corrected chi connectivity index (χ0v) is 11.6. The van der Waals surface area contributed by atoms with Gasteiger partial charge in [0.15, 0.2) is 0 Å². The van der Waals surface area contributed by atoms with Gasteiger partial charge in [0.1, 0.15) is 0 Å². The average Bonchev–Trinajstić information content (AvgIpc) is 2.32. The van der Waals surface area contributed by atoms with Crippen molar-refractivity contribution in [3.05, 3.63) is 34.3 Å². The van der Waals surface area contributed by atoms with E-state index in [-0.39, 0.29) is 11.9 Å². The van der Waals surface area contributed by atoms with Gasteiger partial charge in [-0.05, 0) is 43.0 Å². The van der Waals surface area contributed by atoms with Crippen LogP contribution in [0.3, 0.4) is 0 Å². The molecule has 0 saturated carbocycles. The molecule has 2 unspecified atom stereocenters. The first kappa shape index (κ1) is 13.4. The number of nitrogens with zero attached hydrogens (tertiary/aromatic N) is 1. The van der Waals surface area contributed by atoms with Gasteiger partial charge in [-0.15, -0.1) is 0 Å². The Hall–Kier alpha value is -1.06. The van der Waals surface area contributed by atoms with Gasteiger partial charge in [0.25, 0.3) is 5.91 Å². The van der Waals surface area contributed by atoms with Crippen LogP contribution in [0.25, 0.3) is 0 Å². The van der Waals surface area contributed by atoms with Crippen LogP contribution in [-0.4, -0.2) is 29.9 Å². The Balaban J connectivity index is 2.16. The topological polar surface area (TPSA) is 46.3 Å². The summed E-state index contributed by atoms with van der Waals surface area (Å²) in [5, 5.41) is 0.665. The molecule has 1 aliphatic rings. The van der Waals surface area contributed by atoms with Gasteiger partial charge in [0.2, 0.25) is 0 Å². The monoisotopic (exact) mass is 266 g/mol. The quantitative estimate of drug-likeness (QED) is 0.849. The van der Waals surface area contributed by atoms with Crippen molar-refractivity contribution >= 4 is 17.5 Å². The SMILES string of the molecule is Cc1cc(Cl)ccc1C(=O)N1CCC(N)C(C)C1. The van der Waals surface area contributed by atoms with E-state index in [1.54, 1.807) is 12.1 Å². The molecule has 1 saturated heterocycles. The van der Waals surface area contributed by atoms with Crippen LogP contribution in [0.1, 0.15) is 29.3 Å². The summed E-state index contributed by atoms with van der Waals surface area (Å²) in [5.74, 6) is 0.443. The van der Waals surface area contributed by atoms with Crippen LogP contribution in [0.5, 0.6) is 0 Å². The third-order valence-electron chi connectivity index (χ3n) is 3.68. The highest BCUT2D eigenvalue weighted by molar-refractivity contribution is 6.30. The predicted molar refractivity (Wildman–Crippen MR) is 73.8 cm³/mol. The zero-order valence-electron chi connectivity index (χ0n) is 10.8. The Morgan fingerprint density at radius 3 is 2.83 bits per heavy atom. The number of hydrogen-bond acceptors (Lipinski definition) is 2. The minimum absolute atomic E-state index is 0.0860. The molecule has 1 aromatic rings. The molecule has 1 heterocycles. The molecule has 3 nitrogen and oxygen atoms in total. The summed E-state index contributed by atoms with van der Waals surface area (Å²) in [4.78, 5) is 14.3. The first-order chi connectivity index (χ1) is 8.49. The van der Waals surface area contributed by atoms with Gasteiger partial charge < -0.3 is 10.6 Å². The standard InChI is InChI=1S/C14H19ClN2O/c1-9-7-11(15)3-4-12(9)14(18)17-6-5-13(16)10(2)8-17/h3-4,7,10,13H,5-6,8,16H2,1-2H3. The van der Waals surface area contributed by atoms with E-state index in [0.29, 0.717) is 10.9 Å². The lowest BCUT2D eigenvalue weighted by Crippen LogP contribution is -2.48. The van der Waals surface area contributed by atoms with Crippen LogP contribution in [0, 0.1) is 12.8 Å². The van der Waals surface area contributed by atoms with E-state index in [4.69, 9.17) is 17.3 Å². The molecule has 0 bridgehead atoms. The smallest absolute Gasteiger partial charge is 0.254 e. The Morgan fingerprint density at radius 2 is 2.22 bits per heavy atom. The van der Waals surface area contributed by atoms with Crippen LogP contribution < -0.4 is 5.73 Å². The molecule has 1 amide bonds. The van der Waals surface area contributed by atoms with Crippen LogP contribution in [-0.2, 0) is 0 Å². The first-order valence-electron chi connectivity index (χ1n) is 6.30. The fraction of sp³-hybridized carbons (Fsp3) is 0.500. The number of rotatable bonds is 1. The van der Waals surface area contributed by atoms with Gasteiger partial charge in [0, 0.05) is 29.7 Å². The average molecular weight is 267 g/mol. The normalized spacial score (nSPS) is 24.1. The van der Waals surface area contributed by atoms with Crippen molar-refractivity contribution in [1.29, 1.82) is 0 Å². The summed E-state index contributed by atoms with van der Waals surface area (Å²) in [5.41, 5.74) is 7.64. The van der Waals surface area contributed by atoms with Crippen LogP contribution in [0.4, 0.5) is 0 Å². The fourth-order valence-electron chi connectivity index (χ4n) is 2.39. The highest BCUT2D eigenvalue weighted by Gasteiger charge is 2.27. The number of hydrogen-bond donors (Lipinski definition) is 1. The van der Waals surface area contributed by atoms with Crippen molar-refractivity contribution in [1.82, 2.24) is 4.90 Å². The van der Waals surface area contributed by atoms with Gasteiger partial charge in [-0.3, -0.25) is 4.79 Å². The Bertz CT molecular complexity index is 461. The van der Waals surface area contributed by atoms with E-state index >= 15 is 0 Å². The van der Waals surface area contributed by atoms with E-state index in [1.807, 2.05) is 17.9 Å². The second-order valence-electron chi connectivity index (χ2n) is 5.14. The van der Waals surface area contributed by atoms with Gasteiger partial charge in [-0.2, -0.15) is 0 Å². The number of aryl methyl sites for hydroxylation is 1. The third-order valence-corrected chi connectivity index (χ3v) is 3.91. The van der Waals surface area contributed by atoms with Gasteiger partial charge in [-0.25, -0.2) is 0 Å². The Morgan fingerprint density at radius 1 is 1.50 bits per heavy atom. The van der Waals surface area contributed by atoms with Crippen LogP contribution >= 0.6 is 11.6 Å². The first-order valence-corrected chi connectivity index (χ1v) is 6.68. The molecule has 2 N–H and O–H groups in total. The number of benzene rings is 1. The van der Waals surface area contributed by atoms with Crippen molar-refractivity contribution in [3.8, 4) is 0 Å². The maximum atomic E-state index is 12.4. The fourth-order valence-corrected chi connectivity index (χ4v) is 2.61. The lowest BCUT2D eigenvalue weighted by Gasteiger charge is -2.35. The lowest BCUT2D eigenvalue weighted by atomic mass is 9.94. The maximum Gasteiger partial charge on any atom is 0.254 e. The van der Waals surface area contributed by atoms with Crippen molar-refractivity contribution < 1.29 is 4.79 Å². The maximum absolute atomic E-state index is 12.4. The second kappa shape index (κ2) is 5.29. The molecule has 0 aliphatic carbocycles. The van der Waals surface area contributed by atoms with Crippen LogP contribution in [0.2, 0.25) is 5.02 Å². The summed E-state index contributed by atoms with van der Waals surface area (Å²) in [6, 6.07) is 5.61. The van der Waals surface area contributed by atoms with Crippen molar-refractivity contribution in [2.24, 2.45) is 11.7 Å². The number of amides is 1. The van der Waals surface area contributed by atoms with Crippen molar-refractivity contribution in [2.45, 2.75) is 26.3 Å². The summed E-state index contributed by atoms with van der Waals surface area (Å²) >= 11 is 5.91. The van der Waals surface area contributed by atoms with Crippen LogP contribution in [0.15, 0.2) is 18.2 Å². The van der Waals surface area contributed by atoms with E-state index in [1.165, 1.54) is 0 Å². The molecule has 98 valence electrons. The molecule has 0 spiro atoms. The molecule has 4 heteroatoms. The Kier molecular flexibility index (Phi) is 3.93. The summed E-state index contributed by atoms with van der Waals surface area (Å²) < 4.78 is 0. The van der Waals surface area contributed by atoms with Crippen molar-refractivity contribution in [3.63, 3.8) is 0 Å². The molecule has 1 aromatic carbocycles. The lowest BCUT2D eigenvalue weighted by molar-refractivity contribution is 0.0663. The summed E-state index contributed by atoms with van der Waals surface area (Å²) in [6.07, 6.45) is 0.875. The van der Waals surface area contributed by atoms with E-state index in [2.05, 4.69) is 6.92 Å². The summed E-state index contributed by atoms with van der Waals surface area (Å²) in [6.45, 7) is 5.49. The van der Waals surface area contributed by atoms with Gasteiger partial charge >= 0.3 is 0 Å².